The number of amides is 1. The third-order valence-corrected chi connectivity index (χ3v) is 6.17. The lowest BCUT2D eigenvalue weighted by molar-refractivity contribution is -0.132. The van der Waals surface area contributed by atoms with E-state index < -0.39 is 0 Å². The van der Waals surface area contributed by atoms with Gasteiger partial charge >= 0.3 is 0 Å². The van der Waals surface area contributed by atoms with Crippen molar-refractivity contribution in [2.45, 2.75) is 52.5 Å². The minimum atomic E-state index is -0.0727. The molecule has 1 aliphatic heterocycles. The molecule has 0 saturated carbocycles. The van der Waals surface area contributed by atoms with Crippen molar-refractivity contribution in [3.63, 3.8) is 0 Å². The molecule has 8 heteroatoms. The average Bonchev–Trinajstić information content (AvgIpc) is 3.39. The number of carbonyl (C=O) groups is 1. The zero-order chi connectivity index (χ0) is 22.8. The van der Waals surface area contributed by atoms with Crippen LogP contribution in [-0.2, 0) is 11.2 Å². The summed E-state index contributed by atoms with van der Waals surface area (Å²) >= 11 is 0. The molecule has 0 aromatic carbocycles. The molecule has 1 unspecified atom stereocenters. The quantitative estimate of drug-likeness (QED) is 0.583. The predicted octanol–water partition coefficient (Wildman–Crippen LogP) is 3.81. The summed E-state index contributed by atoms with van der Waals surface area (Å²) in [6.45, 7) is 6.59. The highest BCUT2D eigenvalue weighted by molar-refractivity contribution is 5.78. The number of rotatable bonds is 6. The third kappa shape index (κ3) is 4.22. The van der Waals surface area contributed by atoms with E-state index in [0.29, 0.717) is 18.8 Å². The maximum absolute atomic E-state index is 13.3. The summed E-state index contributed by atoms with van der Waals surface area (Å²) in [5, 5.41) is 4.01. The lowest BCUT2D eigenvalue weighted by atomic mass is 9.97. The zero-order valence-corrected chi connectivity index (χ0v) is 19.4. The third-order valence-electron chi connectivity index (χ3n) is 6.17. The van der Waals surface area contributed by atoms with Crippen LogP contribution >= 0.6 is 0 Å². The Morgan fingerprint density at radius 2 is 2.03 bits per heavy atom. The van der Waals surface area contributed by atoms with E-state index in [0.717, 1.165) is 58.8 Å². The minimum Gasteiger partial charge on any atom is -0.361 e. The van der Waals surface area contributed by atoms with Crippen molar-refractivity contribution in [1.82, 2.24) is 25.0 Å². The van der Waals surface area contributed by atoms with Gasteiger partial charge in [0.05, 0.1) is 17.4 Å². The van der Waals surface area contributed by atoms with Crippen LogP contribution in [0.1, 0.15) is 53.6 Å². The average molecular weight is 435 g/mol. The first-order chi connectivity index (χ1) is 15.4. The van der Waals surface area contributed by atoms with Crippen molar-refractivity contribution in [1.29, 1.82) is 0 Å². The summed E-state index contributed by atoms with van der Waals surface area (Å²) < 4.78 is 5.25. The Kier molecular flexibility index (Phi) is 6.21. The van der Waals surface area contributed by atoms with E-state index >= 15 is 0 Å². The first-order valence-electron chi connectivity index (χ1n) is 11.0. The van der Waals surface area contributed by atoms with Crippen LogP contribution in [0.15, 0.2) is 29.2 Å². The predicted molar refractivity (Wildman–Crippen MR) is 122 cm³/mol. The van der Waals surface area contributed by atoms with E-state index in [1.54, 1.807) is 6.20 Å². The van der Waals surface area contributed by atoms with Crippen molar-refractivity contribution in [3.8, 4) is 11.1 Å². The molecule has 1 saturated heterocycles. The Balaban J connectivity index is 1.66. The molecule has 3 aromatic heterocycles. The highest BCUT2D eigenvalue weighted by Crippen LogP contribution is 2.38. The number of hydrogen-bond donors (Lipinski definition) is 0. The summed E-state index contributed by atoms with van der Waals surface area (Å²) in [7, 11) is 3.86. The largest absolute Gasteiger partial charge is 0.361 e. The molecule has 0 N–H and O–H groups in total. The van der Waals surface area contributed by atoms with Gasteiger partial charge in [0.15, 0.2) is 0 Å². The lowest BCUT2D eigenvalue weighted by Gasteiger charge is -2.27. The van der Waals surface area contributed by atoms with E-state index in [2.05, 4.69) is 15.1 Å². The Bertz CT molecular complexity index is 1100. The molecular weight excluding hydrogens is 404 g/mol. The van der Waals surface area contributed by atoms with Gasteiger partial charge in [0.1, 0.15) is 5.76 Å². The van der Waals surface area contributed by atoms with E-state index in [1.165, 1.54) is 0 Å². The molecule has 1 amide bonds. The van der Waals surface area contributed by atoms with Crippen LogP contribution in [0.4, 0.5) is 5.95 Å². The van der Waals surface area contributed by atoms with Gasteiger partial charge in [-0.1, -0.05) is 5.16 Å². The number of hydrogen-bond acceptors (Lipinski definition) is 7. The number of nitrogens with zero attached hydrogens (tertiary/aromatic N) is 6. The number of aromatic nitrogens is 4. The van der Waals surface area contributed by atoms with Crippen LogP contribution in [0, 0.1) is 20.8 Å². The topological polar surface area (TPSA) is 88.3 Å². The molecule has 3 aromatic rings. The Labute approximate surface area is 188 Å². The van der Waals surface area contributed by atoms with Crippen molar-refractivity contribution in [2.75, 3.05) is 25.5 Å². The second-order valence-corrected chi connectivity index (χ2v) is 8.60. The van der Waals surface area contributed by atoms with E-state index in [-0.39, 0.29) is 11.9 Å². The second-order valence-electron chi connectivity index (χ2n) is 8.60. The fourth-order valence-electron chi connectivity index (χ4n) is 4.42. The molecule has 4 heterocycles. The van der Waals surface area contributed by atoms with E-state index in [1.807, 2.05) is 63.1 Å². The number of pyridine rings is 1. The summed E-state index contributed by atoms with van der Waals surface area (Å²) in [5.74, 6) is 1.57. The number of aryl methyl sites for hydroxylation is 3. The summed E-state index contributed by atoms with van der Waals surface area (Å²) in [6, 6.07) is 1.92. The zero-order valence-electron chi connectivity index (χ0n) is 19.4. The highest BCUT2D eigenvalue weighted by Gasteiger charge is 2.33. The first-order valence-corrected chi connectivity index (χ1v) is 11.0. The SMILES string of the molecule is Cc1cnccc1-c1cnc(N(C)C)nc1C1CCCN1C(=O)CCc1c(C)noc1C. The van der Waals surface area contributed by atoms with E-state index in [4.69, 9.17) is 9.51 Å². The molecule has 0 bridgehead atoms. The standard InChI is InChI=1S/C24H30N6O2/c1-15-13-25-11-10-18(15)20-14-26-24(29(4)5)27-23(20)21-7-6-12-30(21)22(31)9-8-19-16(2)28-32-17(19)3/h10-11,13-14,21H,6-9,12H2,1-5H3. The number of carbonyl (C=O) groups excluding carboxylic acids is 1. The molecule has 0 aliphatic carbocycles. The van der Waals surface area contributed by atoms with Crippen molar-refractivity contribution in [3.05, 3.63) is 52.9 Å². The fraction of sp³-hybridized carbons (Fsp3) is 0.458. The van der Waals surface area contributed by atoms with Crippen LogP contribution in [-0.4, -0.2) is 51.6 Å². The summed E-state index contributed by atoms with van der Waals surface area (Å²) in [6.07, 6.45) is 8.41. The van der Waals surface area contributed by atoms with Gasteiger partial charge in [-0.2, -0.15) is 0 Å². The van der Waals surface area contributed by atoms with Crippen molar-refractivity contribution in [2.24, 2.45) is 0 Å². The monoisotopic (exact) mass is 434 g/mol. The number of anilines is 1. The normalized spacial score (nSPS) is 15.9. The van der Waals surface area contributed by atoms with Crippen LogP contribution in [0.5, 0.6) is 0 Å². The highest BCUT2D eigenvalue weighted by atomic mass is 16.5. The Morgan fingerprint density at radius 3 is 2.72 bits per heavy atom. The van der Waals surface area contributed by atoms with Gasteiger partial charge in [-0.05, 0) is 57.2 Å². The van der Waals surface area contributed by atoms with Crippen LogP contribution in [0.3, 0.4) is 0 Å². The molecule has 8 nitrogen and oxygen atoms in total. The molecule has 1 aliphatic rings. The van der Waals surface area contributed by atoms with Gasteiger partial charge in [0.2, 0.25) is 11.9 Å². The molecule has 1 fully saturated rings. The molecule has 4 rings (SSSR count). The first kappa shape index (κ1) is 21.9. The van der Waals surface area contributed by atoms with Gasteiger partial charge in [-0.3, -0.25) is 9.78 Å². The maximum Gasteiger partial charge on any atom is 0.225 e. The maximum atomic E-state index is 13.3. The molecular formula is C24H30N6O2. The van der Waals surface area contributed by atoms with Gasteiger partial charge in [0, 0.05) is 56.8 Å². The van der Waals surface area contributed by atoms with Gasteiger partial charge < -0.3 is 14.3 Å². The fourth-order valence-corrected chi connectivity index (χ4v) is 4.42. The Morgan fingerprint density at radius 1 is 1.22 bits per heavy atom. The summed E-state index contributed by atoms with van der Waals surface area (Å²) in [4.78, 5) is 30.9. The van der Waals surface area contributed by atoms with Gasteiger partial charge in [-0.15, -0.1) is 0 Å². The van der Waals surface area contributed by atoms with Crippen LogP contribution in [0.25, 0.3) is 11.1 Å². The lowest BCUT2D eigenvalue weighted by Crippen LogP contribution is -2.32. The molecule has 0 spiro atoms. The molecule has 32 heavy (non-hydrogen) atoms. The molecule has 0 radical (unpaired) electrons. The smallest absolute Gasteiger partial charge is 0.225 e. The molecule has 168 valence electrons. The van der Waals surface area contributed by atoms with Crippen LogP contribution < -0.4 is 4.90 Å². The summed E-state index contributed by atoms with van der Waals surface area (Å²) in [5.41, 5.74) is 5.86. The Hall–Kier alpha value is -3.29. The van der Waals surface area contributed by atoms with Crippen molar-refractivity contribution >= 4 is 11.9 Å². The second kappa shape index (κ2) is 9.06. The molecule has 1 atom stereocenters. The van der Waals surface area contributed by atoms with E-state index in [9.17, 15) is 4.79 Å². The number of likely N-dealkylation sites (tertiary alicyclic amines) is 1. The minimum absolute atomic E-state index is 0.0727. The van der Waals surface area contributed by atoms with Crippen molar-refractivity contribution < 1.29 is 9.32 Å². The van der Waals surface area contributed by atoms with Crippen LogP contribution in [0.2, 0.25) is 0 Å². The van der Waals surface area contributed by atoms with Gasteiger partial charge in [-0.25, -0.2) is 9.97 Å². The van der Waals surface area contributed by atoms with Gasteiger partial charge in [0.25, 0.3) is 0 Å².